The fraction of sp³-hybridized carbons (Fsp3) is 0.312. The van der Waals surface area contributed by atoms with Crippen molar-refractivity contribution in [3.05, 3.63) is 30.6 Å². The number of hydrogen-bond donors (Lipinski definition) is 2. The van der Waals surface area contributed by atoms with E-state index < -0.39 is 0 Å². The summed E-state index contributed by atoms with van der Waals surface area (Å²) in [6, 6.07) is 8.02. The van der Waals surface area contributed by atoms with Crippen molar-refractivity contribution in [3.8, 4) is 0 Å². The molecule has 3 rings (SSSR count). The second-order valence-corrected chi connectivity index (χ2v) is 6.38. The molecule has 3 aromatic rings. The smallest absolute Gasteiger partial charge is 0.189 e. The SMILES string of the molecule is CCCCN(C)c1ncnc(Nc2nc3ccccc3s2)c1N. The van der Waals surface area contributed by atoms with Crippen molar-refractivity contribution in [2.45, 2.75) is 19.8 Å². The van der Waals surface area contributed by atoms with Gasteiger partial charge in [-0.15, -0.1) is 0 Å². The number of fused-ring (bicyclic) bond motifs is 1. The fourth-order valence-corrected chi connectivity index (χ4v) is 3.18. The molecule has 0 saturated heterocycles. The zero-order chi connectivity index (χ0) is 16.2. The van der Waals surface area contributed by atoms with E-state index in [0.717, 1.165) is 40.6 Å². The van der Waals surface area contributed by atoms with Gasteiger partial charge in [0, 0.05) is 13.6 Å². The van der Waals surface area contributed by atoms with E-state index in [1.165, 1.54) is 6.33 Å². The number of nitrogens with zero attached hydrogens (tertiary/aromatic N) is 4. The highest BCUT2D eigenvalue weighted by molar-refractivity contribution is 7.22. The molecule has 0 radical (unpaired) electrons. The Balaban J connectivity index is 1.85. The number of nitrogens with one attached hydrogen (secondary N) is 1. The second kappa shape index (κ2) is 6.78. The van der Waals surface area contributed by atoms with Gasteiger partial charge in [-0.3, -0.25) is 0 Å². The summed E-state index contributed by atoms with van der Waals surface area (Å²) in [6.07, 6.45) is 3.76. The van der Waals surface area contributed by atoms with E-state index in [9.17, 15) is 0 Å². The molecule has 0 spiro atoms. The maximum absolute atomic E-state index is 6.25. The van der Waals surface area contributed by atoms with Crippen LogP contribution in [0.3, 0.4) is 0 Å². The van der Waals surface area contributed by atoms with Crippen LogP contribution in [-0.4, -0.2) is 28.5 Å². The molecule has 0 aliphatic heterocycles. The highest BCUT2D eigenvalue weighted by atomic mass is 32.1. The maximum Gasteiger partial charge on any atom is 0.189 e. The van der Waals surface area contributed by atoms with Gasteiger partial charge in [0.15, 0.2) is 16.8 Å². The summed E-state index contributed by atoms with van der Waals surface area (Å²) in [5, 5.41) is 3.99. The van der Waals surface area contributed by atoms with Crippen LogP contribution in [0.2, 0.25) is 0 Å². The third kappa shape index (κ3) is 3.34. The number of unbranched alkanes of at least 4 members (excludes halogenated alkanes) is 1. The van der Waals surface area contributed by atoms with Gasteiger partial charge in [0.1, 0.15) is 12.0 Å². The summed E-state index contributed by atoms with van der Waals surface area (Å²) in [5.74, 6) is 1.34. The van der Waals surface area contributed by atoms with Gasteiger partial charge in [-0.2, -0.15) is 0 Å². The van der Waals surface area contributed by atoms with Crippen molar-refractivity contribution < 1.29 is 0 Å². The van der Waals surface area contributed by atoms with Gasteiger partial charge in [-0.1, -0.05) is 36.8 Å². The van der Waals surface area contributed by atoms with Crippen LogP contribution >= 0.6 is 11.3 Å². The van der Waals surface area contributed by atoms with Gasteiger partial charge in [-0.25, -0.2) is 15.0 Å². The van der Waals surface area contributed by atoms with Crippen molar-refractivity contribution in [2.24, 2.45) is 0 Å². The Morgan fingerprint density at radius 2 is 2.09 bits per heavy atom. The predicted octanol–water partition coefficient (Wildman–Crippen LogP) is 3.65. The molecule has 2 aromatic heterocycles. The molecule has 0 atom stereocenters. The fourth-order valence-electron chi connectivity index (χ4n) is 2.32. The normalized spacial score (nSPS) is 10.9. The molecule has 0 fully saturated rings. The zero-order valence-electron chi connectivity index (χ0n) is 13.3. The molecule has 1 aromatic carbocycles. The topological polar surface area (TPSA) is 80.0 Å². The minimum atomic E-state index is 0.547. The van der Waals surface area contributed by atoms with E-state index in [1.54, 1.807) is 11.3 Å². The quantitative estimate of drug-likeness (QED) is 0.719. The van der Waals surface area contributed by atoms with Crippen LogP contribution in [0.15, 0.2) is 30.6 Å². The molecule has 0 bridgehead atoms. The Labute approximate surface area is 139 Å². The lowest BCUT2D eigenvalue weighted by Crippen LogP contribution is -2.21. The van der Waals surface area contributed by atoms with Crippen molar-refractivity contribution in [1.29, 1.82) is 0 Å². The average Bonchev–Trinajstić information content (AvgIpc) is 2.97. The van der Waals surface area contributed by atoms with E-state index in [2.05, 4.69) is 32.1 Å². The van der Waals surface area contributed by atoms with Crippen LogP contribution in [0.1, 0.15) is 19.8 Å². The monoisotopic (exact) mass is 328 g/mol. The van der Waals surface area contributed by atoms with Crippen LogP contribution in [-0.2, 0) is 0 Å². The number of rotatable bonds is 6. The first-order valence-electron chi connectivity index (χ1n) is 7.63. The van der Waals surface area contributed by atoms with Crippen LogP contribution in [0.4, 0.5) is 22.5 Å². The Morgan fingerprint density at radius 1 is 1.26 bits per heavy atom. The lowest BCUT2D eigenvalue weighted by Gasteiger charge is -2.20. The molecule has 0 amide bonds. The van der Waals surface area contributed by atoms with Crippen molar-refractivity contribution in [1.82, 2.24) is 15.0 Å². The van der Waals surface area contributed by atoms with Gasteiger partial charge >= 0.3 is 0 Å². The Hall–Kier alpha value is -2.41. The van der Waals surface area contributed by atoms with Crippen LogP contribution in [0.25, 0.3) is 10.2 Å². The number of hydrogen-bond acceptors (Lipinski definition) is 7. The van der Waals surface area contributed by atoms with Crippen LogP contribution < -0.4 is 16.0 Å². The average molecular weight is 328 g/mol. The van der Waals surface area contributed by atoms with E-state index >= 15 is 0 Å². The number of benzene rings is 1. The molecule has 0 aliphatic carbocycles. The molecule has 3 N–H and O–H groups in total. The standard InChI is InChI=1S/C16H20N6S/c1-3-4-9-22(2)15-13(17)14(18-10-19-15)21-16-20-11-7-5-6-8-12(11)23-16/h5-8,10H,3-4,9,17H2,1-2H3,(H,18,19,20,21). The molecule has 6 nitrogen and oxygen atoms in total. The van der Waals surface area contributed by atoms with Gasteiger partial charge in [-0.05, 0) is 18.6 Å². The largest absolute Gasteiger partial charge is 0.393 e. The number of thiazole rings is 1. The summed E-state index contributed by atoms with van der Waals surface area (Å²) >= 11 is 1.58. The minimum absolute atomic E-state index is 0.547. The minimum Gasteiger partial charge on any atom is -0.393 e. The van der Waals surface area contributed by atoms with Crippen molar-refractivity contribution >= 4 is 44.0 Å². The molecule has 23 heavy (non-hydrogen) atoms. The molecule has 2 heterocycles. The summed E-state index contributed by atoms with van der Waals surface area (Å²) < 4.78 is 1.13. The van der Waals surface area contributed by atoms with Crippen LogP contribution in [0, 0.1) is 0 Å². The summed E-state index contributed by atoms with van der Waals surface area (Å²) in [6.45, 7) is 3.08. The molecular weight excluding hydrogens is 308 g/mol. The molecule has 7 heteroatoms. The van der Waals surface area contributed by atoms with E-state index in [-0.39, 0.29) is 0 Å². The Kier molecular flexibility index (Phi) is 4.57. The summed E-state index contributed by atoms with van der Waals surface area (Å²) in [4.78, 5) is 15.2. The molecule has 0 saturated carbocycles. The summed E-state index contributed by atoms with van der Waals surface area (Å²) in [7, 11) is 2.00. The zero-order valence-corrected chi connectivity index (χ0v) is 14.1. The van der Waals surface area contributed by atoms with Gasteiger partial charge in [0.05, 0.1) is 10.2 Å². The summed E-state index contributed by atoms with van der Waals surface area (Å²) in [5.41, 5.74) is 7.76. The molecular formula is C16H20N6S. The number of nitrogen functional groups attached to an aromatic ring is 1. The Morgan fingerprint density at radius 3 is 2.87 bits per heavy atom. The third-order valence-corrected chi connectivity index (χ3v) is 4.54. The first-order chi connectivity index (χ1) is 11.2. The van der Waals surface area contributed by atoms with Crippen molar-refractivity contribution in [2.75, 3.05) is 29.5 Å². The lowest BCUT2D eigenvalue weighted by atomic mass is 10.3. The van der Waals surface area contributed by atoms with Gasteiger partial charge < -0.3 is 16.0 Å². The third-order valence-electron chi connectivity index (χ3n) is 3.59. The highest BCUT2D eigenvalue weighted by Crippen LogP contribution is 2.31. The first kappa shape index (κ1) is 15.5. The van der Waals surface area contributed by atoms with E-state index in [4.69, 9.17) is 5.73 Å². The number of aromatic nitrogens is 3. The van der Waals surface area contributed by atoms with Crippen LogP contribution in [0.5, 0.6) is 0 Å². The molecule has 0 unspecified atom stereocenters. The molecule has 120 valence electrons. The van der Waals surface area contributed by atoms with E-state index in [0.29, 0.717) is 11.5 Å². The Bertz CT molecular complexity index is 767. The number of para-hydroxylation sites is 1. The maximum atomic E-state index is 6.25. The molecule has 0 aliphatic rings. The number of anilines is 4. The van der Waals surface area contributed by atoms with Gasteiger partial charge in [0.2, 0.25) is 0 Å². The number of nitrogens with two attached hydrogens (primary N) is 1. The predicted molar refractivity (Wildman–Crippen MR) is 97.5 cm³/mol. The first-order valence-corrected chi connectivity index (χ1v) is 8.45. The lowest BCUT2D eigenvalue weighted by molar-refractivity contribution is 0.759. The van der Waals surface area contributed by atoms with Crippen molar-refractivity contribution in [3.63, 3.8) is 0 Å². The highest BCUT2D eigenvalue weighted by Gasteiger charge is 2.13. The van der Waals surface area contributed by atoms with E-state index in [1.807, 2.05) is 31.3 Å². The van der Waals surface area contributed by atoms with Gasteiger partial charge in [0.25, 0.3) is 0 Å². The second-order valence-electron chi connectivity index (χ2n) is 5.35.